The van der Waals surface area contributed by atoms with Crippen LogP contribution in [0.4, 0.5) is 5.69 Å². The van der Waals surface area contributed by atoms with Gasteiger partial charge in [-0.3, -0.25) is 13.9 Å². The number of sulfonamides is 1. The molecular weight excluding hydrogens is 581 g/mol. The standard InChI is InChI=1S/C31H37Cl2N3O4S/c1-7-29(31(38)34-20(2)3)35(18-26-27(32)9-8-10-28(26)33)30(37)19-36(24-14-13-22(5)23(6)17-24)41(39,40)25-15-11-21(4)12-16-25/h8-17,20,29H,7,18-19H2,1-6H3,(H,34,38)/t29-/m1/s1. The van der Waals surface area contributed by atoms with Crippen molar-refractivity contribution in [3.8, 4) is 0 Å². The van der Waals surface area contributed by atoms with Gasteiger partial charge in [0, 0.05) is 28.2 Å². The molecule has 3 aromatic carbocycles. The third-order valence-electron chi connectivity index (χ3n) is 6.87. The van der Waals surface area contributed by atoms with Crippen molar-refractivity contribution in [2.24, 2.45) is 0 Å². The second kappa shape index (κ2) is 13.7. The molecule has 0 fully saturated rings. The summed E-state index contributed by atoms with van der Waals surface area (Å²) in [7, 11) is -4.16. The van der Waals surface area contributed by atoms with Gasteiger partial charge in [-0.25, -0.2) is 8.42 Å². The highest BCUT2D eigenvalue weighted by molar-refractivity contribution is 7.92. The molecule has 0 unspecified atom stereocenters. The molecule has 7 nitrogen and oxygen atoms in total. The predicted molar refractivity (Wildman–Crippen MR) is 166 cm³/mol. The lowest BCUT2D eigenvalue weighted by atomic mass is 10.1. The van der Waals surface area contributed by atoms with Crippen LogP contribution in [-0.2, 0) is 26.2 Å². The molecule has 0 saturated carbocycles. The second-order valence-corrected chi connectivity index (χ2v) is 13.1. The Morgan fingerprint density at radius 3 is 2.05 bits per heavy atom. The Hall–Kier alpha value is -3.07. The number of carbonyl (C=O) groups excluding carboxylic acids is 2. The summed E-state index contributed by atoms with van der Waals surface area (Å²) in [5.41, 5.74) is 3.58. The summed E-state index contributed by atoms with van der Waals surface area (Å²) in [5.74, 6) is -0.918. The molecule has 0 heterocycles. The van der Waals surface area contributed by atoms with Gasteiger partial charge >= 0.3 is 0 Å². The number of rotatable bonds is 11. The molecule has 1 N–H and O–H groups in total. The Bertz CT molecular complexity index is 1490. The van der Waals surface area contributed by atoms with Crippen molar-refractivity contribution in [1.29, 1.82) is 0 Å². The van der Waals surface area contributed by atoms with Crippen molar-refractivity contribution in [3.63, 3.8) is 0 Å². The number of halogens is 2. The molecule has 3 rings (SSSR count). The Kier molecular flexibility index (Phi) is 10.9. The summed E-state index contributed by atoms with van der Waals surface area (Å²) in [4.78, 5) is 28.9. The largest absolute Gasteiger partial charge is 0.352 e. The van der Waals surface area contributed by atoms with Gasteiger partial charge in [-0.1, -0.05) is 60.0 Å². The highest BCUT2D eigenvalue weighted by atomic mass is 35.5. The fourth-order valence-electron chi connectivity index (χ4n) is 4.40. The van der Waals surface area contributed by atoms with Gasteiger partial charge in [0.15, 0.2) is 0 Å². The van der Waals surface area contributed by atoms with Crippen LogP contribution in [0, 0.1) is 20.8 Å². The average molecular weight is 619 g/mol. The first-order chi connectivity index (χ1) is 19.3. The number of nitrogens with one attached hydrogen (secondary N) is 1. The Morgan fingerprint density at radius 1 is 0.902 bits per heavy atom. The maximum absolute atomic E-state index is 14.2. The molecule has 0 radical (unpaired) electrons. The van der Waals surface area contributed by atoms with Crippen molar-refractivity contribution < 1.29 is 18.0 Å². The van der Waals surface area contributed by atoms with Crippen LogP contribution in [0.2, 0.25) is 10.0 Å². The Balaban J connectivity index is 2.13. The number of hydrogen-bond donors (Lipinski definition) is 1. The Morgan fingerprint density at radius 2 is 1.51 bits per heavy atom. The molecule has 0 saturated heterocycles. The van der Waals surface area contributed by atoms with E-state index in [-0.39, 0.29) is 23.4 Å². The molecule has 2 amide bonds. The summed E-state index contributed by atoms with van der Waals surface area (Å²) in [6, 6.07) is 15.7. The van der Waals surface area contributed by atoms with E-state index in [0.717, 1.165) is 21.0 Å². The first-order valence-corrected chi connectivity index (χ1v) is 15.6. The van der Waals surface area contributed by atoms with E-state index < -0.39 is 28.5 Å². The van der Waals surface area contributed by atoms with Crippen LogP contribution in [0.5, 0.6) is 0 Å². The highest BCUT2D eigenvalue weighted by Gasteiger charge is 2.34. The maximum Gasteiger partial charge on any atom is 0.264 e. The molecule has 10 heteroatoms. The lowest BCUT2D eigenvalue weighted by Gasteiger charge is -2.34. The van der Waals surface area contributed by atoms with Gasteiger partial charge in [-0.2, -0.15) is 0 Å². The second-order valence-electron chi connectivity index (χ2n) is 10.4. The monoisotopic (exact) mass is 617 g/mol. The molecule has 0 aliphatic carbocycles. The molecular formula is C31H37Cl2N3O4S. The lowest BCUT2D eigenvalue weighted by Crippen LogP contribution is -2.53. The van der Waals surface area contributed by atoms with Crippen molar-refractivity contribution in [3.05, 3.63) is 93.0 Å². The van der Waals surface area contributed by atoms with E-state index in [4.69, 9.17) is 23.2 Å². The minimum atomic E-state index is -4.16. The molecule has 1 atom stereocenters. The van der Waals surface area contributed by atoms with Gasteiger partial charge in [0.25, 0.3) is 10.0 Å². The number of aryl methyl sites for hydroxylation is 3. The van der Waals surface area contributed by atoms with Gasteiger partial charge in [-0.05, 0) is 88.6 Å². The van der Waals surface area contributed by atoms with Gasteiger partial charge in [0.05, 0.1) is 10.6 Å². The summed E-state index contributed by atoms with van der Waals surface area (Å²) in [6.07, 6.45) is 0.292. The molecule has 0 aromatic heterocycles. The molecule has 41 heavy (non-hydrogen) atoms. The molecule has 3 aromatic rings. The van der Waals surface area contributed by atoms with E-state index in [1.54, 1.807) is 49.4 Å². The number of benzene rings is 3. The van der Waals surface area contributed by atoms with Crippen LogP contribution in [-0.4, -0.2) is 43.8 Å². The van der Waals surface area contributed by atoms with Crippen molar-refractivity contribution in [1.82, 2.24) is 10.2 Å². The van der Waals surface area contributed by atoms with Crippen LogP contribution in [0.1, 0.15) is 49.4 Å². The SMILES string of the molecule is CC[C@H](C(=O)NC(C)C)N(Cc1c(Cl)cccc1Cl)C(=O)CN(c1ccc(C)c(C)c1)S(=O)(=O)c1ccc(C)cc1. The smallest absolute Gasteiger partial charge is 0.264 e. The van der Waals surface area contributed by atoms with Gasteiger partial charge in [0.2, 0.25) is 11.8 Å². The number of amides is 2. The third-order valence-corrected chi connectivity index (χ3v) is 9.37. The van der Waals surface area contributed by atoms with Crippen LogP contribution >= 0.6 is 23.2 Å². The summed E-state index contributed by atoms with van der Waals surface area (Å²) >= 11 is 12.9. The molecule has 0 spiro atoms. The third kappa shape index (κ3) is 7.82. The van der Waals surface area contributed by atoms with E-state index in [9.17, 15) is 18.0 Å². The van der Waals surface area contributed by atoms with E-state index in [2.05, 4.69) is 5.32 Å². The van der Waals surface area contributed by atoms with Crippen molar-refractivity contribution in [2.75, 3.05) is 10.8 Å². The van der Waals surface area contributed by atoms with Crippen LogP contribution in [0.15, 0.2) is 65.6 Å². The van der Waals surface area contributed by atoms with E-state index in [1.807, 2.05) is 40.7 Å². The van der Waals surface area contributed by atoms with Crippen LogP contribution in [0.3, 0.4) is 0 Å². The fourth-order valence-corrected chi connectivity index (χ4v) is 6.32. The zero-order valence-corrected chi connectivity index (χ0v) is 26.6. The first kappa shape index (κ1) is 32.4. The first-order valence-electron chi connectivity index (χ1n) is 13.5. The number of carbonyl (C=O) groups is 2. The average Bonchev–Trinajstić information content (AvgIpc) is 2.90. The predicted octanol–water partition coefficient (Wildman–Crippen LogP) is 6.45. The number of nitrogens with zero attached hydrogens (tertiary/aromatic N) is 2. The minimum Gasteiger partial charge on any atom is -0.352 e. The normalized spacial score (nSPS) is 12.2. The van der Waals surface area contributed by atoms with E-state index >= 15 is 0 Å². The zero-order chi connectivity index (χ0) is 30.5. The van der Waals surface area contributed by atoms with Crippen molar-refractivity contribution in [2.45, 2.75) is 71.5 Å². The quantitative estimate of drug-likeness (QED) is 0.268. The Labute approximate surface area is 253 Å². The zero-order valence-electron chi connectivity index (χ0n) is 24.2. The van der Waals surface area contributed by atoms with Gasteiger partial charge in [0.1, 0.15) is 12.6 Å². The molecule has 0 aliphatic heterocycles. The summed E-state index contributed by atoms with van der Waals surface area (Å²) in [6.45, 7) is 10.5. The topological polar surface area (TPSA) is 86.8 Å². The fraction of sp³-hybridized carbons (Fsp3) is 0.355. The van der Waals surface area contributed by atoms with Crippen molar-refractivity contribution >= 4 is 50.7 Å². The number of anilines is 1. The molecule has 0 bridgehead atoms. The van der Waals surface area contributed by atoms with E-state index in [0.29, 0.717) is 27.7 Å². The maximum atomic E-state index is 14.2. The molecule has 220 valence electrons. The van der Waals surface area contributed by atoms with Crippen LogP contribution < -0.4 is 9.62 Å². The highest BCUT2D eigenvalue weighted by Crippen LogP contribution is 2.29. The summed E-state index contributed by atoms with van der Waals surface area (Å²) in [5, 5.41) is 3.55. The van der Waals surface area contributed by atoms with Crippen LogP contribution in [0.25, 0.3) is 0 Å². The van der Waals surface area contributed by atoms with Gasteiger partial charge in [-0.15, -0.1) is 0 Å². The number of hydrogen-bond acceptors (Lipinski definition) is 4. The lowest BCUT2D eigenvalue weighted by molar-refractivity contribution is -0.140. The minimum absolute atomic E-state index is 0.0550. The van der Waals surface area contributed by atoms with E-state index in [1.165, 1.54) is 17.0 Å². The van der Waals surface area contributed by atoms with Gasteiger partial charge < -0.3 is 10.2 Å². The summed E-state index contributed by atoms with van der Waals surface area (Å²) < 4.78 is 29.1. The molecule has 0 aliphatic rings.